The van der Waals surface area contributed by atoms with Gasteiger partial charge in [0.15, 0.2) is 0 Å². The Kier molecular flexibility index (Phi) is 7.94. The summed E-state index contributed by atoms with van der Waals surface area (Å²) in [5.41, 5.74) is 2.69. The summed E-state index contributed by atoms with van der Waals surface area (Å²) < 4.78 is 5.92. The van der Waals surface area contributed by atoms with Gasteiger partial charge >= 0.3 is 5.97 Å². The number of amides is 2. The van der Waals surface area contributed by atoms with Crippen molar-refractivity contribution < 1.29 is 19.1 Å². The number of hydrogen-bond acceptors (Lipinski definition) is 4. The first-order valence-corrected chi connectivity index (χ1v) is 10.6. The quantitative estimate of drug-likeness (QED) is 0.277. The topological polar surface area (TPSA) is 84.5 Å². The zero-order valence-electron chi connectivity index (χ0n) is 17.3. The number of rotatable bonds is 7. The van der Waals surface area contributed by atoms with E-state index in [9.17, 15) is 14.4 Å². The molecule has 0 aliphatic heterocycles. The van der Waals surface area contributed by atoms with Gasteiger partial charge in [-0.3, -0.25) is 14.4 Å². The monoisotopic (exact) mass is 492 g/mol. The van der Waals surface area contributed by atoms with Crippen LogP contribution in [0, 0.1) is 0 Å². The summed E-state index contributed by atoms with van der Waals surface area (Å²) in [6.45, 7) is 1.61. The average Bonchev–Trinajstić information content (AvgIpc) is 2.77. The number of hydrogen-bond donors (Lipinski definition) is 2. The molecule has 0 saturated carbocycles. The van der Waals surface area contributed by atoms with Crippen LogP contribution in [0.3, 0.4) is 0 Å². The molecule has 0 spiro atoms. The highest BCUT2D eigenvalue weighted by atomic mass is 79.9. The van der Waals surface area contributed by atoms with Crippen LogP contribution in [0.15, 0.2) is 83.3 Å². The van der Waals surface area contributed by atoms with E-state index in [0.717, 1.165) is 15.6 Å². The fourth-order valence-electron chi connectivity index (χ4n) is 2.85. The first-order valence-electron chi connectivity index (χ1n) is 9.80. The molecule has 7 heteroatoms. The molecule has 0 radical (unpaired) electrons. The first-order chi connectivity index (χ1) is 15.4. The summed E-state index contributed by atoms with van der Waals surface area (Å²) in [6, 6.07) is 21.2. The summed E-state index contributed by atoms with van der Waals surface area (Å²) >= 11 is 3.44. The van der Waals surface area contributed by atoms with Crippen LogP contribution in [-0.2, 0) is 16.1 Å². The third-order valence-corrected chi connectivity index (χ3v) is 5.05. The fraction of sp³-hybridized carbons (Fsp3) is 0.0800. The molecule has 2 amide bonds. The average molecular weight is 493 g/mol. The fourth-order valence-corrected chi connectivity index (χ4v) is 3.27. The molecule has 3 aromatic rings. The molecule has 0 aliphatic carbocycles. The lowest BCUT2D eigenvalue weighted by molar-refractivity contribution is -0.131. The van der Waals surface area contributed by atoms with Crippen molar-refractivity contribution in [2.75, 3.05) is 5.32 Å². The summed E-state index contributed by atoms with van der Waals surface area (Å²) in [4.78, 5) is 35.8. The lowest BCUT2D eigenvalue weighted by Crippen LogP contribution is -2.20. The summed E-state index contributed by atoms with van der Waals surface area (Å²) in [5.74, 6) is -0.713. The number of halogens is 1. The molecule has 0 atom stereocenters. The predicted molar refractivity (Wildman–Crippen MR) is 127 cm³/mol. The highest BCUT2D eigenvalue weighted by Crippen LogP contribution is 2.18. The minimum atomic E-state index is -0.455. The molecule has 3 rings (SSSR count). The van der Waals surface area contributed by atoms with Gasteiger partial charge in [-0.15, -0.1) is 0 Å². The largest absolute Gasteiger partial charge is 0.427 e. The van der Waals surface area contributed by atoms with Gasteiger partial charge in [0.1, 0.15) is 5.75 Å². The lowest BCUT2D eigenvalue weighted by atomic mass is 10.1. The van der Waals surface area contributed by atoms with Crippen LogP contribution < -0.4 is 15.4 Å². The van der Waals surface area contributed by atoms with E-state index in [-0.39, 0.29) is 11.8 Å². The maximum atomic E-state index is 12.5. The highest BCUT2D eigenvalue weighted by Gasteiger charge is 2.09. The molecule has 0 fully saturated rings. The normalized spacial score (nSPS) is 10.6. The van der Waals surface area contributed by atoms with Gasteiger partial charge in [-0.05, 0) is 53.6 Å². The Morgan fingerprint density at radius 2 is 1.75 bits per heavy atom. The molecule has 0 heterocycles. The third-order valence-electron chi connectivity index (χ3n) is 4.33. The van der Waals surface area contributed by atoms with Gasteiger partial charge < -0.3 is 15.4 Å². The zero-order valence-corrected chi connectivity index (χ0v) is 18.9. The van der Waals surface area contributed by atoms with Crippen LogP contribution in [0.25, 0.3) is 6.08 Å². The maximum Gasteiger partial charge on any atom is 0.308 e. The third kappa shape index (κ3) is 6.92. The molecule has 0 saturated heterocycles. The molecule has 2 N–H and O–H groups in total. The van der Waals surface area contributed by atoms with Crippen molar-refractivity contribution >= 4 is 45.5 Å². The standard InChI is InChI=1S/C25H21BrN2O4/c1-17(29)32-22-10-5-8-20(15-22)25(31)28-21-9-4-6-18(14-21)16-27-24(30)13-12-19-7-2-3-11-23(19)26/h2-15H,16H2,1H3,(H,27,30)(H,28,31)/b13-12+. The van der Waals surface area contributed by atoms with Gasteiger partial charge in [0.25, 0.3) is 5.91 Å². The molecule has 0 bridgehead atoms. The molecule has 0 aliphatic rings. The molecule has 162 valence electrons. The number of carbonyl (C=O) groups is 3. The lowest BCUT2D eigenvalue weighted by Gasteiger charge is -2.09. The first kappa shape index (κ1) is 23.0. The van der Waals surface area contributed by atoms with E-state index in [4.69, 9.17) is 4.74 Å². The van der Waals surface area contributed by atoms with E-state index >= 15 is 0 Å². The molecular weight excluding hydrogens is 472 g/mol. The maximum absolute atomic E-state index is 12.5. The van der Waals surface area contributed by atoms with Gasteiger partial charge in [0, 0.05) is 35.3 Å². The number of anilines is 1. The molecule has 0 aromatic heterocycles. The Labute approximate surface area is 194 Å². The molecule has 0 unspecified atom stereocenters. The predicted octanol–water partition coefficient (Wildman–Crippen LogP) is 4.96. The number of carbonyl (C=O) groups excluding carboxylic acids is 3. The van der Waals surface area contributed by atoms with E-state index in [2.05, 4.69) is 26.6 Å². The van der Waals surface area contributed by atoms with Crippen LogP contribution in [0.4, 0.5) is 5.69 Å². The van der Waals surface area contributed by atoms with Crippen LogP contribution in [-0.4, -0.2) is 17.8 Å². The van der Waals surface area contributed by atoms with Crippen molar-refractivity contribution in [2.24, 2.45) is 0 Å². The van der Waals surface area contributed by atoms with E-state index in [1.54, 1.807) is 42.5 Å². The minimum absolute atomic E-state index is 0.225. The second kappa shape index (κ2) is 11.1. The number of benzene rings is 3. The van der Waals surface area contributed by atoms with Crippen molar-refractivity contribution in [1.29, 1.82) is 0 Å². The van der Waals surface area contributed by atoms with Crippen LogP contribution in [0.1, 0.15) is 28.4 Å². The summed E-state index contributed by atoms with van der Waals surface area (Å²) in [7, 11) is 0. The van der Waals surface area contributed by atoms with Crippen LogP contribution in [0.5, 0.6) is 5.75 Å². The molecule has 32 heavy (non-hydrogen) atoms. The van der Waals surface area contributed by atoms with Crippen LogP contribution >= 0.6 is 15.9 Å². The van der Waals surface area contributed by atoms with Crippen molar-refractivity contribution in [3.63, 3.8) is 0 Å². The Balaban J connectivity index is 1.58. The number of nitrogens with one attached hydrogen (secondary N) is 2. The Bertz CT molecular complexity index is 1170. The second-order valence-electron chi connectivity index (χ2n) is 6.85. The second-order valence-corrected chi connectivity index (χ2v) is 7.70. The summed E-state index contributed by atoms with van der Waals surface area (Å²) in [5, 5.41) is 5.63. The van der Waals surface area contributed by atoms with Gasteiger partial charge in [0.2, 0.25) is 5.91 Å². The van der Waals surface area contributed by atoms with Gasteiger partial charge in [-0.25, -0.2) is 0 Å². The minimum Gasteiger partial charge on any atom is -0.427 e. The van der Waals surface area contributed by atoms with E-state index in [1.807, 2.05) is 30.3 Å². The highest BCUT2D eigenvalue weighted by molar-refractivity contribution is 9.10. The number of ether oxygens (including phenoxy) is 1. The van der Waals surface area contributed by atoms with E-state index in [1.165, 1.54) is 19.1 Å². The van der Waals surface area contributed by atoms with Crippen molar-refractivity contribution in [2.45, 2.75) is 13.5 Å². The Morgan fingerprint density at radius 1 is 0.969 bits per heavy atom. The van der Waals surface area contributed by atoms with E-state index < -0.39 is 5.97 Å². The molecule has 6 nitrogen and oxygen atoms in total. The van der Waals surface area contributed by atoms with Gasteiger partial charge in [-0.2, -0.15) is 0 Å². The molecular formula is C25H21BrN2O4. The van der Waals surface area contributed by atoms with E-state index in [0.29, 0.717) is 23.5 Å². The van der Waals surface area contributed by atoms with Gasteiger partial charge in [-0.1, -0.05) is 52.3 Å². The number of esters is 1. The van der Waals surface area contributed by atoms with Crippen molar-refractivity contribution in [1.82, 2.24) is 5.32 Å². The van der Waals surface area contributed by atoms with Gasteiger partial charge in [0.05, 0.1) is 0 Å². The molecule has 3 aromatic carbocycles. The Morgan fingerprint density at radius 3 is 2.53 bits per heavy atom. The van der Waals surface area contributed by atoms with Crippen LogP contribution in [0.2, 0.25) is 0 Å². The zero-order chi connectivity index (χ0) is 22.9. The smallest absolute Gasteiger partial charge is 0.308 e. The summed E-state index contributed by atoms with van der Waals surface area (Å²) in [6.07, 6.45) is 3.21. The van der Waals surface area contributed by atoms with Crippen molar-refractivity contribution in [3.05, 3.63) is 100 Å². The Hall–Kier alpha value is -3.71. The van der Waals surface area contributed by atoms with Crippen molar-refractivity contribution in [3.8, 4) is 5.75 Å². The SMILES string of the molecule is CC(=O)Oc1cccc(C(=O)Nc2cccc(CNC(=O)/C=C/c3ccccc3Br)c2)c1.